The van der Waals surface area contributed by atoms with Crippen LogP contribution in [0.25, 0.3) is 0 Å². The highest BCUT2D eigenvalue weighted by atomic mass is 14.2. The molecule has 1 radical (unpaired) electrons. The Morgan fingerprint density at radius 2 is 1.77 bits per heavy atom. The van der Waals surface area contributed by atoms with Crippen LogP contribution in [0.3, 0.4) is 0 Å². The van der Waals surface area contributed by atoms with Gasteiger partial charge in [-0.3, -0.25) is 0 Å². The van der Waals surface area contributed by atoms with E-state index < -0.39 is 0 Å². The third-order valence-corrected chi connectivity index (χ3v) is 2.42. The van der Waals surface area contributed by atoms with Crippen LogP contribution in [0.4, 0.5) is 0 Å². The fourth-order valence-corrected chi connectivity index (χ4v) is 1.67. The standard InChI is InChI=1S/C13H13/c1-11-7-5-6-10-13(11)12-8-3-2-4-9-12/h2-10,13H,1H3. The van der Waals surface area contributed by atoms with E-state index in [0.29, 0.717) is 5.92 Å². The molecule has 1 aliphatic carbocycles. The molecule has 0 spiro atoms. The minimum absolute atomic E-state index is 0.478. The first kappa shape index (κ1) is 8.31. The molecule has 1 aromatic carbocycles. The van der Waals surface area contributed by atoms with Gasteiger partial charge in [0, 0.05) is 11.8 Å². The predicted molar refractivity (Wildman–Crippen MR) is 56.4 cm³/mol. The molecule has 1 aliphatic rings. The van der Waals surface area contributed by atoms with Crippen LogP contribution in [0.2, 0.25) is 0 Å². The largest absolute Gasteiger partial charge is 0.0768 e. The highest BCUT2D eigenvalue weighted by Crippen LogP contribution is 2.30. The predicted octanol–water partition coefficient (Wildman–Crippen LogP) is 3.49. The van der Waals surface area contributed by atoms with Gasteiger partial charge in [-0.1, -0.05) is 61.6 Å². The first-order valence-corrected chi connectivity index (χ1v) is 4.61. The van der Waals surface area contributed by atoms with Crippen molar-refractivity contribution in [3.8, 4) is 0 Å². The lowest BCUT2D eigenvalue weighted by Gasteiger charge is -2.19. The molecule has 1 atom stereocenters. The summed E-state index contributed by atoms with van der Waals surface area (Å²) in [5, 5.41) is 0. The zero-order valence-electron chi connectivity index (χ0n) is 7.77. The van der Waals surface area contributed by atoms with E-state index in [-0.39, 0.29) is 0 Å². The van der Waals surface area contributed by atoms with Crippen molar-refractivity contribution in [3.05, 3.63) is 66.1 Å². The summed E-state index contributed by atoms with van der Waals surface area (Å²) in [6, 6.07) is 10.6. The highest BCUT2D eigenvalue weighted by molar-refractivity contribution is 5.38. The average Bonchev–Trinajstić information content (AvgIpc) is 2.20. The van der Waals surface area contributed by atoms with Crippen LogP contribution >= 0.6 is 0 Å². The van der Waals surface area contributed by atoms with Crippen molar-refractivity contribution in [3.63, 3.8) is 0 Å². The summed E-state index contributed by atoms with van der Waals surface area (Å²) >= 11 is 0. The van der Waals surface area contributed by atoms with Crippen molar-refractivity contribution in [1.29, 1.82) is 0 Å². The topological polar surface area (TPSA) is 0 Å². The second-order valence-corrected chi connectivity index (χ2v) is 3.38. The summed E-state index contributed by atoms with van der Waals surface area (Å²) in [6.07, 6.45) is 8.63. The zero-order chi connectivity index (χ0) is 9.10. The van der Waals surface area contributed by atoms with Crippen LogP contribution in [0, 0.1) is 5.92 Å². The molecule has 0 N–H and O–H groups in total. The van der Waals surface area contributed by atoms with Crippen LogP contribution < -0.4 is 0 Å². The van der Waals surface area contributed by atoms with Crippen molar-refractivity contribution in [2.24, 2.45) is 0 Å². The fourth-order valence-electron chi connectivity index (χ4n) is 1.67. The third-order valence-electron chi connectivity index (χ3n) is 2.42. The van der Waals surface area contributed by atoms with Gasteiger partial charge in [0.2, 0.25) is 0 Å². The number of hydrogen-bond donors (Lipinski definition) is 0. The van der Waals surface area contributed by atoms with Gasteiger partial charge in [0.15, 0.2) is 0 Å². The van der Waals surface area contributed by atoms with Gasteiger partial charge in [-0.2, -0.15) is 0 Å². The van der Waals surface area contributed by atoms with E-state index in [1.807, 2.05) is 0 Å². The van der Waals surface area contributed by atoms with E-state index in [1.54, 1.807) is 0 Å². The Bertz CT molecular complexity index is 319. The maximum Gasteiger partial charge on any atom is 0.0118 e. The van der Waals surface area contributed by atoms with Crippen LogP contribution in [0.1, 0.15) is 18.4 Å². The molecule has 0 heteroatoms. The Kier molecular flexibility index (Phi) is 2.31. The Morgan fingerprint density at radius 3 is 2.46 bits per heavy atom. The lowest BCUT2D eigenvalue weighted by molar-refractivity contribution is 0.887. The zero-order valence-corrected chi connectivity index (χ0v) is 7.77. The maximum atomic E-state index is 2.24. The lowest BCUT2D eigenvalue weighted by Crippen LogP contribution is -2.04. The van der Waals surface area contributed by atoms with Crippen molar-refractivity contribution >= 4 is 0 Å². The molecule has 2 rings (SSSR count). The molecule has 65 valence electrons. The molecule has 1 aromatic rings. The molecule has 0 heterocycles. The van der Waals surface area contributed by atoms with E-state index >= 15 is 0 Å². The highest BCUT2D eigenvalue weighted by Gasteiger charge is 2.15. The number of allylic oxidation sites excluding steroid dienone is 4. The summed E-state index contributed by atoms with van der Waals surface area (Å²) in [5.41, 5.74) is 1.38. The van der Waals surface area contributed by atoms with Crippen LogP contribution in [0.5, 0.6) is 0 Å². The maximum absolute atomic E-state index is 2.24. The van der Waals surface area contributed by atoms with Gasteiger partial charge in [0.05, 0.1) is 0 Å². The van der Waals surface area contributed by atoms with Crippen molar-refractivity contribution in [2.45, 2.75) is 12.8 Å². The van der Waals surface area contributed by atoms with Crippen LogP contribution in [-0.4, -0.2) is 0 Å². The molecule has 0 saturated heterocycles. The van der Waals surface area contributed by atoms with Gasteiger partial charge in [0.1, 0.15) is 0 Å². The monoisotopic (exact) mass is 169 g/mol. The van der Waals surface area contributed by atoms with Gasteiger partial charge < -0.3 is 0 Å². The molecule has 0 bridgehead atoms. The number of rotatable bonds is 1. The number of benzene rings is 1. The number of hydrogen-bond acceptors (Lipinski definition) is 0. The summed E-state index contributed by atoms with van der Waals surface area (Å²) in [5.74, 6) is 1.89. The molecule has 0 aromatic heterocycles. The summed E-state index contributed by atoms with van der Waals surface area (Å²) in [4.78, 5) is 0. The SMILES string of the molecule is C[C]1C=CC=CC1c1ccccc1. The summed E-state index contributed by atoms with van der Waals surface area (Å²) < 4.78 is 0. The van der Waals surface area contributed by atoms with Crippen LogP contribution in [-0.2, 0) is 0 Å². The molecule has 0 amide bonds. The molecular formula is C13H13. The molecule has 1 unspecified atom stereocenters. The minimum atomic E-state index is 0.478. The molecule has 13 heavy (non-hydrogen) atoms. The molecule has 0 nitrogen and oxygen atoms in total. The fraction of sp³-hybridized carbons (Fsp3) is 0.154. The summed E-state index contributed by atoms with van der Waals surface area (Å²) in [6.45, 7) is 2.18. The summed E-state index contributed by atoms with van der Waals surface area (Å²) in [7, 11) is 0. The van der Waals surface area contributed by atoms with E-state index in [1.165, 1.54) is 11.5 Å². The van der Waals surface area contributed by atoms with E-state index in [9.17, 15) is 0 Å². The normalized spacial score (nSPS) is 22.1. The minimum Gasteiger partial charge on any atom is -0.0768 e. The van der Waals surface area contributed by atoms with Crippen molar-refractivity contribution in [1.82, 2.24) is 0 Å². The van der Waals surface area contributed by atoms with Gasteiger partial charge >= 0.3 is 0 Å². The van der Waals surface area contributed by atoms with Crippen molar-refractivity contribution in [2.75, 3.05) is 0 Å². The van der Waals surface area contributed by atoms with E-state index in [4.69, 9.17) is 0 Å². The quantitative estimate of drug-likeness (QED) is 0.603. The average molecular weight is 169 g/mol. The van der Waals surface area contributed by atoms with E-state index in [2.05, 4.69) is 61.6 Å². The first-order chi connectivity index (χ1) is 6.38. The smallest absolute Gasteiger partial charge is 0.0118 e. The molecule has 0 fully saturated rings. The Hall–Kier alpha value is -1.30. The third kappa shape index (κ3) is 1.72. The van der Waals surface area contributed by atoms with Gasteiger partial charge in [0.25, 0.3) is 0 Å². The van der Waals surface area contributed by atoms with Crippen molar-refractivity contribution < 1.29 is 0 Å². The second kappa shape index (κ2) is 3.61. The second-order valence-electron chi connectivity index (χ2n) is 3.38. The van der Waals surface area contributed by atoms with Gasteiger partial charge in [-0.15, -0.1) is 0 Å². The molecule has 0 aliphatic heterocycles. The lowest BCUT2D eigenvalue weighted by atomic mass is 9.84. The van der Waals surface area contributed by atoms with Crippen LogP contribution in [0.15, 0.2) is 54.6 Å². The Morgan fingerprint density at radius 1 is 1.00 bits per heavy atom. The molecular weight excluding hydrogens is 156 g/mol. The van der Waals surface area contributed by atoms with Gasteiger partial charge in [-0.25, -0.2) is 0 Å². The molecule has 0 saturated carbocycles. The Labute approximate surface area is 79.6 Å². The van der Waals surface area contributed by atoms with Gasteiger partial charge in [-0.05, 0) is 5.56 Å². The Balaban J connectivity index is 2.27. The first-order valence-electron chi connectivity index (χ1n) is 4.61. The van der Waals surface area contributed by atoms with E-state index in [0.717, 1.165) is 0 Å².